The topological polar surface area (TPSA) is 47.4 Å². The number of aromatic nitrogens is 2. The Morgan fingerprint density at radius 2 is 2.16 bits per heavy atom. The van der Waals surface area contributed by atoms with Crippen molar-refractivity contribution < 1.29 is 4.74 Å². The molecule has 2 aliphatic rings. The van der Waals surface area contributed by atoms with Crippen molar-refractivity contribution in [1.29, 1.82) is 0 Å². The van der Waals surface area contributed by atoms with Crippen molar-refractivity contribution in [1.82, 2.24) is 14.5 Å². The smallest absolute Gasteiger partial charge is 0.251 e. The molecule has 0 spiro atoms. The first-order valence-corrected chi connectivity index (χ1v) is 9.11. The summed E-state index contributed by atoms with van der Waals surface area (Å²) in [4.78, 5) is 19.4. The molecule has 2 bridgehead atoms. The number of pyridine rings is 2. The third-order valence-electron chi connectivity index (χ3n) is 5.45. The van der Waals surface area contributed by atoms with E-state index in [0.717, 1.165) is 50.3 Å². The summed E-state index contributed by atoms with van der Waals surface area (Å²) in [5.41, 5.74) is 3.31. The Morgan fingerprint density at radius 3 is 2.96 bits per heavy atom. The maximum absolute atomic E-state index is 12.7. The standard InChI is InChI=1S/C20H25N3O2/c1-25-7-3-6-22-12-15-8-18(14-22)19-9-17(10-20(24)23(19)13-15)16-4-2-5-21-11-16/h2,4-5,9-11,15,18H,3,6-8,12-14H2,1H3/t15-,18+/m0/s1. The van der Waals surface area contributed by atoms with Gasteiger partial charge in [0, 0.05) is 75.5 Å². The number of piperidine rings is 1. The van der Waals surface area contributed by atoms with Crippen LogP contribution in [-0.4, -0.2) is 47.8 Å². The lowest BCUT2D eigenvalue weighted by molar-refractivity contribution is 0.106. The predicted molar refractivity (Wildman–Crippen MR) is 97.7 cm³/mol. The number of fused-ring (bicyclic) bond motifs is 4. The highest BCUT2D eigenvalue weighted by Crippen LogP contribution is 2.36. The minimum atomic E-state index is 0.124. The van der Waals surface area contributed by atoms with Crippen molar-refractivity contribution in [2.45, 2.75) is 25.3 Å². The van der Waals surface area contributed by atoms with Crippen LogP contribution >= 0.6 is 0 Å². The third-order valence-corrected chi connectivity index (χ3v) is 5.45. The van der Waals surface area contributed by atoms with Crippen LogP contribution in [0.5, 0.6) is 0 Å². The van der Waals surface area contributed by atoms with Gasteiger partial charge in [0.1, 0.15) is 0 Å². The number of hydrogen-bond acceptors (Lipinski definition) is 4. The first-order valence-electron chi connectivity index (χ1n) is 9.11. The van der Waals surface area contributed by atoms with Gasteiger partial charge in [0.2, 0.25) is 0 Å². The number of hydrogen-bond donors (Lipinski definition) is 0. The molecule has 2 aromatic heterocycles. The summed E-state index contributed by atoms with van der Waals surface area (Å²) in [6.45, 7) is 4.87. The van der Waals surface area contributed by atoms with E-state index in [4.69, 9.17) is 4.74 Å². The van der Waals surface area contributed by atoms with E-state index in [1.54, 1.807) is 19.4 Å². The monoisotopic (exact) mass is 339 g/mol. The van der Waals surface area contributed by atoms with Gasteiger partial charge in [-0.15, -0.1) is 0 Å². The Kier molecular flexibility index (Phi) is 4.68. The fourth-order valence-electron chi connectivity index (χ4n) is 4.37. The van der Waals surface area contributed by atoms with E-state index in [1.165, 1.54) is 12.1 Å². The summed E-state index contributed by atoms with van der Waals surface area (Å²) in [7, 11) is 1.76. The van der Waals surface area contributed by atoms with Crippen molar-refractivity contribution in [3.8, 4) is 11.1 Å². The molecular weight excluding hydrogens is 314 g/mol. The lowest BCUT2D eigenvalue weighted by Crippen LogP contribution is -2.47. The maximum Gasteiger partial charge on any atom is 0.251 e. The van der Waals surface area contributed by atoms with Gasteiger partial charge in [-0.2, -0.15) is 0 Å². The van der Waals surface area contributed by atoms with Crippen LogP contribution < -0.4 is 5.56 Å². The Bertz CT molecular complexity index is 787. The van der Waals surface area contributed by atoms with Crippen LogP contribution in [0.1, 0.15) is 24.5 Å². The minimum Gasteiger partial charge on any atom is -0.385 e. The van der Waals surface area contributed by atoms with Gasteiger partial charge >= 0.3 is 0 Å². The zero-order valence-corrected chi connectivity index (χ0v) is 14.7. The van der Waals surface area contributed by atoms with Crippen molar-refractivity contribution in [2.24, 2.45) is 5.92 Å². The van der Waals surface area contributed by atoms with Crippen LogP contribution in [0.15, 0.2) is 41.5 Å². The van der Waals surface area contributed by atoms with Crippen LogP contribution in [-0.2, 0) is 11.3 Å². The fraction of sp³-hybridized carbons (Fsp3) is 0.500. The molecule has 5 heteroatoms. The van der Waals surface area contributed by atoms with Gasteiger partial charge in [-0.05, 0) is 36.5 Å². The molecule has 0 unspecified atom stereocenters. The number of nitrogens with zero attached hydrogens (tertiary/aromatic N) is 3. The van der Waals surface area contributed by atoms with E-state index in [2.05, 4.69) is 16.0 Å². The summed E-state index contributed by atoms with van der Waals surface area (Å²) >= 11 is 0. The normalized spacial score (nSPS) is 22.6. The van der Waals surface area contributed by atoms with Gasteiger partial charge in [-0.3, -0.25) is 9.78 Å². The van der Waals surface area contributed by atoms with E-state index in [9.17, 15) is 4.79 Å². The molecule has 5 nitrogen and oxygen atoms in total. The van der Waals surface area contributed by atoms with Crippen LogP contribution in [0.25, 0.3) is 11.1 Å². The summed E-state index contributed by atoms with van der Waals surface area (Å²) in [5.74, 6) is 1.02. The quantitative estimate of drug-likeness (QED) is 0.785. The molecule has 132 valence electrons. The van der Waals surface area contributed by atoms with Gasteiger partial charge in [-0.25, -0.2) is 0 Å². The van der Waals surface area contributed by atoms with Crippen molar-refractivity contribution in [2.75, 3.05) is 33.4 Å². The molecule has 4 heterocycles. The molecular formula is C20H25N3O2. The van der Waals surface area contributed by atoms with E-state index < -0.39 is 0 Å². The Balaban J connectivity index is 1.62. The molecule has 1 saturated heterocycles. The molecule has 0 saturated carbocycles. The lowest BCUT2D eigenvalue weighted by atomic mass is 9.82. The molecule has 2 atom stereocenters. The van der Waals surface area contributed by atoms with Gasteiger partial charge in [0.15, 0.2) is 0 Å². The second kappa shape index (κ2) is 7.10. The molecule has 0 aromatic carbocycles. The largest absolute Gasteiger partial charge is 0.385 e. The number of methoxy groups -OCH3 is 1. The molecule has 4 rings (SSSR count). The van der Waals surface area contributed by atoms with Crippen LogP contribution in [0.2, 0.25) is 0 Å². The molecule has 0 N–H and O–H groups in total. The molecule has 0 radical (unpaired) electrons. The predicted octanol–water partition coefficient (Wildman–Crippen LogP) is 2.37. The maximum atomic E-state index is 12.7. The van der Waals surface area contributed by atoms with E-state index in [0.29, 0.717) is 11.8 Å². The number of rotatable bonds is 5. The van der Waals surface area contributed by atoms with Crippen molar-refractivity contribution >= 4 is 0 Å². The van der Waals surface area contributed by atoms with E-state index in [1.807, 2.05) is 22.9 Å². The zero-order valence-electron chi connectivity index (χ0n) is 14.7. The van der Waals surface area contributed by atoms with Gasteiger partial charge in [0.25, 0.3) is 5.56 Å². The van der Waals surface area contributed by atoms with Gasteiger partial charge in [-0.1, -0.05) is 6.07 Å². The molecule has 0 amide bonds. The fourth-order valence-corrected chi connectivity index (χ4v) is 4.37. The van der Waals surface area contributed by atoms with Crippen LogP contribution in [0.4, 0.5) is 0 Å². The third kappa shape index (κ3) is 3.39. The van der Waals surface area contributed by atoms with Crippen molar-refractivity contribution in [3.05, 3.63) is 52.7 Å². The highest BCUT2D eigenvalue weighted by Gasteiger charge is 2.34. The molecule has 25 heavy (non-hydrogen) atoms. The number of likely N-dealkylation sites (tertiary alicyclic amines) is 1. The molecule has 1 fully saturated rings. The highest BCUT2D eigenvalue weighted by molar-refractivity contribution is 5.62. The van der Waals surface area contributed by atoms with Gasteiger partial charge in [0.05, 0.1) is 0 Å². The number of ether oxygens (including phenoxy) is 1. The average molecular weight is 339 g/mol. The van der Waals surface area contributed by atoms with Crippen molar-refractivity contribution in [3.63, 3.8) is 0 Å². The summed E-state index contributed by atoms with van der Waals surface area (Å²) in [6, 6.07) is 7.90. The SMILES string of the molecule is COCCCN1C[C@@H]2C[C@H](C1)c1cc(-c3cccnc3)cc(=O)n1C2. The van der Waals surface area contributed by atoms with Crippen LogP contribution in [0.3, 0.4) is 0 Å². The first-order chi connectivity index (χ1) is 12.2. The van der Waals surface area contributed by atoms with Crippen LogP contribution in [0, 0.1) is 5.92 Å². The molecule has 0 aliphatic carbocycles. The molecule has 2 aromatic rings. The summed E-state index contributed by atoms with van der Waals surface area (Å²) in [5, 5.41) is 0. The molecule has 2 aliphatic heterocycles. The van der Waals surface area contributed by atoms with Gasteiger partial charge < -0.3 is 14.2 Å². The lowest BCUT2D eigenvalue weighted by Gasteiger charge is -2.43. The first kappa shape index (κ1) is 16.5. The average Bonchev–Trinajstić information content (AvgIpc) is 2.63. The Hall–Kier alpha value is -1.98. The van der Waals surface area contributed by atoms with E-state index >= 15 is 0 Å². The second-order valence-corrected chi connectivity index (χ2v) is 7.26. The Labute approximate surface area is 148 Å². The van der Waals surface area contributed by atoms with E-state index in [-0.39, 0.29) is 5.56 Å². The minimum absolute atomic E-state index is 0.124. The second-order valence-electron chi connectivity index (χ2n) is 7.26. The zero-order chi connectivity index (χ0) is 17.2. The Morgan fingerprint density at radius 1 is 1.24 bits per heavy atom. The highest BCUT2D eigenvalue weighted by atomic mass is 16.5. The summed E-state index contributed by atoms with van der Waals surface area (Å²) in [6.07, 6.45) is 5.85. The summed E-state index contributed by atoms with van der Waals surface area (Å²) < 4.78 is 7.19.